The highest BCUT2D eigenvalue weighted by atomic mass is 19.3. The molecule has 2 aromatic rings. The quantitative estimate of drug-likeness (QED) is 0.306. The normalized spacial score (nSPS) is 17.7. The van der Waals surface area contributed by atoms with E-state index in [2.05, 4.69) is 9.73 Å². The van der Waals surface area contributed by atoms with E-state index in [0.717, 1.165) is 11.8 Å². The molecule has 0 radical (unpaired) electrons. The van der Waals surface area contributed by atoms with Gasteiger partial charge in [0.05, 0.1) is 17.7 Å². The lowest BCUT2D eigenvalue weighted by Gasteiger charge is -2.25. The number of halogens is 2. The van der Waals surface area contributed by atoms with Crippen LogP contribution in [-0.2, 0) is 16.1 Å². The highest BCUT2D eigenvalue weighted by Crippen LogP contribution is 2.37. The molecule has 0 N–H and O–H groups in total. The molecule has 174 valence electrons. The maximum atomic E-state index is 12.9. The predicted octanol–water partition coefficient (Wildman–Crippen LogP) is 3.66. The third-order valence-corrected chi connectivity index (χ3v) is 5.08. The molecule has 0 aliphatic carbocycles. The van der Waals surface area contributed by atoms with Gasteiger partial charge < -0.3 is 9.47 Å². The molecular formula is C23H23F2N3O5. The molecule has 0 aromatic heterocycles. The summed E-state index contributed by atoms with van der Waals surface area (Å²) in [5, 5.41) is 11.7. The van der Waals surface area contributed by atoms with Crippen LogP contribution in [0.25, 0.3) is 0 Å². The summed E-state index contributed by atoms with van der Waals surface area (Å²) in [7, 11) is 1.87. The molecule has 0 saturated carbocycles. The molecule has 1 aliphatic heterocycles. The molecule has 0 amide bonds. The molecular weight excluding hydrogens is 436 g/mol. The van der Waals surface area contributed by atoms with Crippen molar-refractivity contribution >= 4 is 12.2 Å². The highest BCUT2D eigenvalue weighted by molar-refractivity contribution is 5.93. The van der Waals surface area contributed by atoms with Gasteiger partial charge in [0, 0.05) is 29.8 Å². The van der Waals surface area contributed by atoms with E-state index in [0.29, 0.717) is 13.1 Å². The summed E-state index contributed by atoms with van der Waals surface area (Å²) in [5.41, 5.74) is 1.07. The lowest BCUT2D eigenvalue weighted by atomic mass is 9.84. The second-order valence-corrected chi connectivity index (χ2v) is 7.41. The van der Waals surface area contributed by atoms with Gasteiger partial charge in [-0.1, -0.05) is 48.5 Å². The van der Waals surface area contributed by atoms with E-state index in [1.165, 1.54) is 30.5 Å². The molecule has 10 heteroatoms. The monoisotopic (exact) mass is 459 g/mol. The number of para-hydroxylation sites is 1. The van der Waals surface area contributed by atoms with Crippen molar-refractivity contribution in [2.24, 2.45) is 4.99 Å². The number of carbonyl (C=O) groups is 1. The molecule has 8 nitrogen and oxygen atoms in total. The molecule has 0 fully saturated rings. The first-order chi connectivity index (χ1) is 15.9. The van der Waals surface area contributed by atoms with Crippen LogP contribution in [0, 0.1) is 10.1 Å². The molecule has 2 unspecified atom stereocenters. The fraction of sp³-hybridized carbons (Fsp3) is 0.304. The van der Waals surface area contributed by atoms with E-state index in [9.17, 15) is 23.7 Å². The highest BCUT2D eigenvalue weighted by Gasteiger charge is 2.41. The van der Waals surface area contributed by atoms with Gasteiger partial charge in [0.2, 0.25) is 0 Å². The van der Waals surface area contributed by atoms with E-state index in [1.807, 2.05) is 42.3 Å². The first-order valence-corrected chi connectivity index (χ1v) is 10.2. The number of hydrogen-bond acceptors (Lipinski definition) is 7. The van der Waals surface area contributed by atoms with Gasteiger partial charge in [0.15, 0.2) is 0 Å². The summed E-state index contributed by atoms with van der Waals surface area (Å²) in [5.74, 6) is -2.24. The van der Waals surface area contributed by atoms with Crippen LogP contribution in [0.5, 0.6) is 5.75 Å². The van der Waals surface area contributed by atoms with Crippen LogP contribution in [0.2, 0.25) is 0 Å². The third kappa shape index (κ3) is 6.42. The van der Waals surface area contributed by atoms with E-state index >= 15 is 0 Å². The van der Waals surface area contributed by atoms with Crippen LogP contribution in [0.15, 0.2) is 71.4 Å². The number of likely N-dealkylation sites (N-methyl/N-ethyl adjacent to an activating group) is 1. The van der Waals surface area contributed by atoms with Crippen molar-refractivity contribution < 1.29 is 28.0 Å². The Morgan fingerprint density at radius 3 is 2.58 bits per heavy atom. The Labute approximate surface area is 189 Å². The van der Waals surface area contributed by atoms with Crippen molar-refractivity contribution in [2.75, 3.05) is 20.2 Å². The molecule has 0 bridgehead atoms. The Kier molecular flexibility index (Phi) is 8.20. The van der Waals surface area contributed by atoms with Crippen molar-refractivity contribution in [3.05, 3.63) is 87.6 Å². The topological polar surface area (TPSA) is 94.3 Å². The fourth-order valence-corrected chi connectivity index (χ4v) is 3.56. The number of benzene rings is 2. The molecule has 3 rings (SSSR count). The zero-order valence-corrected chi connectivity index (χ0v) is 17.8. The smallest absolute Gasteiger partial charge is 0.387 e. The summed E-state index contributed by atoms with van der Waals surface area (Å²) >= 11 is 0. The lowest BCUT2D eigenvalue weighted by molar-refractivity contribution is -0.504. The zero-order valence-electron chi connectivity index (χ0n) is 17.8. The summed E-state index contributed by atoms with van der Waals surface area (Å²) < 4.78 is 35.7. The van der Waals surface area contributed by atoms with Crippen molar-refractivity contribution in [3.63, 3.8) is 0 Å². The maximum absolute atomic E-state index is 12.9. The van der Waals surface area contributed by atoms with Gasteiger partial charge in [-0.25, -0.2) is 4.79 Å². The number of ether oxygens (including phenoxy) is 2. The summed E-state index contributed by atoms with van der Waals surface area (Å²) in [4.78, 5) is 29.6. The SMILES string of the molecule is CN(CCOC(=O)C1=CN=CC([N+](=O)[O-])C1c1ccccc1OC(F)F)Cc1ccccc1. The van der Waals surface area contributed by atoms with Gasteiger partial charge in [-0.15, -0.1) is 0 Å². The van der Waals surface area contributed by atoms with Gasteiger partial charge in [-0.2, -0.15) is 8.78 Å². The first-order valence-electron chi connectivity index (χ1n) is 10.2. The van der Waals surface area contributed by atoms with Crippen molar-refractivity contribution in [1.29, 1.82) is 0 Å². The first kappa shape index (κ1) is 24.0. The van der Waals surface area contributed by atoms with Gasteiger partial charge in [0.1, 0.15) is 12.4 Å². The molecule has 1 heterocycles. The molecule has 2 atom stereocenters. The molecule has 33 heavy (non-hydrogen) atoms. The largest absolute Gasteiger partial charge is 0.461 e. The number of carbonyl (C=O) groups excluding carboxylic acids is 1. The minimum absolute atomic E-state index is 0.0360. The number of alkyl halides is 2. The Hall–Kier alpha value is -3.66. The number of nitrogens with zero attached hydrogens (tertiary/aromatic N) is 3. The molecule has 0 spiro atoms. The van der Waals surface area contributed by atoms with E-state index in [4.69, 9.17) is 4.74 Å². The predicted molar refractivity (Wildman–Crippen MR) is 117 cm³/mol. The van der Waals surface area contributed by atoms with Crippen molar-refractivity contribution in [1.82, 2.24) is 4.90 Å². The standard InChI is InChI=1S/C23H23F2N3O5/c1-27(15-16-7-3-2-4-8-16)11-12-32-22(29)18-13-26-14-19(28(30)31)21(18)17-9-5-6-10-20(17)33-23(24)25/h2-10,13-14,19,21,23H,11-12,15H2,1H3. The average molecular weight is 459 g/mol. The Morgan fingerprint density at radius 1 is 1.18 bits per heavy atom. The van der Waals surface area contributed by atoms with Gasteiger partial charge in [-0.05, 0) is 18.7 Å². The van der Waals surface area contributed by atoms with E-state index in [-0.39, 0.29) is 23.5 Å². The maximum Gasteiger partial charge on any atom is 0.387 e. The molecule has 1 aliphatic rings. The summed E-state index contributed by atoms with van der Waals surface area (Å²) in [6, 6.07) is 14.0. The number of aliphatic imine (C=N–C) groups is 1. The Morgan fingerprint density at radius 2 is 1.88 bits per heavy atom. The fourth-order valence-electron chi connectivity index (χ4n) is 3.56. The zero-order chi connectivity index (χ0) is 23.8. The Balaban J connectivity index is 1.73. The minimum atomic E-state index is -3.13. The summed E-state index contributed by atoms with van der Waals surface area (Å²) in [6.07, 6.45) is 2.23. The number of esters is 1. The minimum Gasteiger partial charge on any atom is -0.461 e. The number of hydrogen-bond donors (Lipinski definition) is 0. The van der Waals surface area contributed by atoms with Crippen LogP contribution in [0.1, 0.15) is 17.0 Å². The second kappa shape index (κ2) is 11.3. The van der Waals surface area contributed by atoms with Crippen LogP contribution in [0.4, 0.5) is 8.78 Å². The van der Waals surface area contributed by atoms with E-state index < -0.39 is 29.5 Å². The number of rotatable bonds is 10. The van der Waals surface area contributed by atoms with Crippen molar-refractivity contribution in [2.45, 2.75) is 25.1 Å². The third-order valence-electron chi connectivity index (χ3n) is 5.08. The van der Waals surface area contributed by atoms with Gasteiger partial charge in [0.25, 0.3) is 6.04 Å². The van der Waals surface area contributed by atoms with Gasteiger partial charge in [-0.3, -0.25) is 20.0 Å². The summed E-state index contributed by atoms with van der Waals surface area (Å²) in [6.45, 7) is -2.02. The number of nitro groups is 1. The van der Waals surface area contributed by atoms with Crippen LogP contribution >= 0.6 is 0 Å². The average Bonchev–Trinajstić information content (AvgIpc) is 2.79. The molecule has 2 aromatic carbocycles. The Bertz CT molecular complexity index is 1030. The molecule has 0 saturated heterocycles. The lowest BCUT2D eigenvalue weighted by Crippen LogP contribution is -2.35. The van der Waals surface area contributed by atoms with Crippen molar-refractivity contribution in [3.8, 4) is 5.75 Å². The van der Waals surface area contributed by atoms with E-state index in [1.54, 1.807) is 0 Å². The second-order valence-electron chi connectivity index (χ2n) is 7.41. The van der Waals surface area contributed by atoms with Gasteiger partial charge >= 0.3 is 12.6 Å². The van der Waals surface area contributed by atoms with Crippen LogP contribution < -0.4 is 4.74 Å². The van der Waals surface area contributed by atoms with Crippen LogP contribution in [0.3, 0.4) is 0 Å². The van der Waals surface area contributed by atoms with Crippen LogP contribution in [-0.4, -0.2) is 54.9 Å².